The lowest BCUT2D eigenvalue weighted by Gasteiger charge is -2.49. The van der Waals surface area contributed by atoms with E-state index in [1.165, 1.54) is 43.5 Å². The Morgan fingerprint density at radius 2 is 1.46 bits per heavy atom. The fourth-order valence-electron chi connectivity index (χ4n) is 5.20. The first-order chi connectivity index (χ1) is 13.6. The molecular formula is C22H30FN3O2. The average molecular weight is 387 g/mol. The van der Waals surface area contributed by atoms with Gasteiger partial charge in [0.15, 0.2) is 0 Å². The highest BCUT2D eigenvalue weighted by Gasteiger charge is 2.41. The summed E-state index contributed by atoms with van der Waals surface area (Å²) in [4.78, 5) is 27.5. The Labute approximate surface area is 166 Å². The number of hydrogen-bond acceptors (Lipinski definition) is 2. The van der Waals surface area contributed by atoms with E-state index < -0.39 is 0 Å². The van der Waals surface area contributed by atoms with E-state index in [9.17, 15) is 14.0 Å². The number of rotatable bonds is 3. The second-order valence-electron chi connectivity index (χ2n) is 8.58. The molecule has 0 spiro atoms. The first-order valence-electron chi connectivity index (χ1n) is 10.8. The maximum absolute atomic E-state index is 13.1. The molecule has 1 saturated carbocycles. The molecule has 4 rings (SSSR count). The molecular weight excluding hydrogens is 357 g/mol. The molecule has 3 amide bonds. The molecule has 2 N–H and O–H groups in total. The third-order valence-electron chi connectivity index (χ3n) is 6.58. The lowest BCUT2D eigenvalue weighted by Crippen LogP contribution is -2.61. The van der Waals surface area contributed by atoms with E-state index in [1.54, 1.807) is 0 Å². The van der Waals surface area contributed by atoms with Gasteiger partial charge in [-0.05, 0) is 69.2 Å². The quantitative estimate of drug-likeness (QED) is 0.824. The van der Waals surface area contributed by atoms with Crippen molar-refractivity contribution in [3.05, 3.63) is 35.6 Å². The summed E-state index contributed by atoms with van der Waals surface area (Å²) in [5.41, 5.74) is 0.476. The smallest absolute Gasteiger partial charge is 0.318 e. The summed E-state index contributed by atoms with van der Waals surface area (Å²) in [5, 5.41) is 6.37. The number of carbonyl (C=O) groups is 2. The van der Waals surface area contributed by atoms with Crippen molar-refractivity contribution in [2.24, 2.45) is 0 Å². The van der Waals surface area contributed by atoms with Crippen LogP contribution in [0.2, 0.25) is 0 Å². The Bertz CT molecular complexity index is 688. The zero-order chi connectivity index (χ0) is 19.5. The molecule has 6 heteroatoms. The Balaban J connectivity index is 1.36. The van der Waals surface area contributed by atoms with Gasteiger partial charge in [-0.15, -0.1) is 0 Å². The van der Waals surface area contributed by atoms with Gasteiger partial charge in [0.25, 0.3) is 5.91 Å². The van der Waals surface area contributed by atoms with Gasteiger partial charge in [-0.1, -0.05) is 19.3 Å². The van der Waals surface area contributed by atoms with Gasteiger partial charge in [0.1, 0.15) is 5.82 Å². The highest BCUT2D eigenvalue weighted by Crippen LogP contribution is 2.34. The van der Waals surface area contributed by atoms with Crippen LogP contribution in [-0.2, 0) is 0 Å². The van der Waals surface area contributed by atoms with Crippen LogP contribution in [0.4, 0.5) is 9.18 Å². The molecule has 3 fully saturated rings. The van der Waals surface area contributed by atoms with E-state index in [4.69, 9.17) is 0 Å². The summed E-state index contributed by atoms with van der Waals surface area (Å²) in [7, 11) is 0. The van der Waals surface area contributed by atoms with E-state index >= 15 is 0 Å². The van der Waals surface area contributed by atoms with E-state index in [-0.39, 0.29) is 35.9 Å². The number of halogens is 1. The van der Waals surface area contributed by atoms with Gasteiger partial charge >= 0.3 is 6.03 Å². The number of nitrogens with zero attached hydrogens (tertiary/aromatic N) is 1. The van der Waals surface area contributed by atoms with Crippen LogP contribution in [0.1, 0.15) is 74.6 Å². The van der Waals surface area contributed by atoms with Crippen molar-refractivity contribution in [2.45, 2.75) is 88.4 Å². The molecule has 1 aliphatic carbocycles. The Kier molecular flexibility index (Phi) is 5.83. The van der Waals surface area contributed by atoms with Crippen LogP contribution in [0.25, 0.3) is 0 Å². The SMILES string of the molecule is O=C(NC1C[C@@H]2CCC[C@@H](C1)N2C(=O)NC1CCCCC1)c1ccc(F)cc1. The third kappa shape index (κ3) is 4.31. The fraction of sp³-hybridized carbons (Fsp3) is 0.636. The minimum absolute atomic E-state index is 0.0617. The highest BCUT2D eigenvalue weighted by molar-refractivity contribution is 5.94. The van der Waals surface area contributed by atoms with Crippen LogP contribution >= 0.6 is 0 Å². The van der Waals surface area contributed by atoms with Crippen molar-refractivity contribution in [3.63, 3.8) is 0 Å². The number of benzene rings is 1. The lowest BCUT2D eigenvalue weighted by molar-refractivity contribution is 0.0506. The maximum atomic E-state index is 13.1. The normalized spacial score (nSPS) is 27.9. The number of fused-ring (bicyclic) bond motifs is 2. The molecule has 3 aliphatic rings. The predicted molar refractivity (Wildman–Crippen MR) is 106 cm³/mol. The number of amides is 3. The number of nitrogens with one attached hydrogen (secondary N) is 2. The molecule has 5 nitrogen and oxygen atoms in total. The second-order valence-corrected chi connectivity index (χ2v) is 8.58. The van der Waals surface area contributed by atoms with Crippen LogP contribution in [-0.4, -0.2) is 41.0 Å². The van der Waals surface area contributed by atoms with Crippen molar-refractivity contribution in [3.8, 4) is 0 Å². The molecule has 0 aromatic heterocycles. The molecule has 0 unspecified atom stereocenters. The van der Waals surface area contributed by atoms with Crippen LogP contribution < -0.4 is 10.6 Å². The molecule has 2 heterocycles. The largest absolute Gasteiger partial charge is 0.349 e. The van der Waals surface area contributed by atoms with E-state index in [2.05, 4.69) is 15.5 Å². The van der Waals surface area contributed by atoms with Gasteiger partial charge in [0, 0.05) is 29.7 Å². The van der Waals surface area contributed by atoms with Crippen molar-refractivity contribution in [1.82, 2.24) is 15.5 Å². The summed E-state index contributed by atoms with van der Waals surface area (Å²) >= 11 is 0. The molecule has 2 atom stereocenters. The monoisotopic (exact) mass is 387 g/mol. The highest BCUT2D eigenvalue weighted by atomic mass is 19.1. The summed E-state index contributed by atoms with van der Waals surface area (Å²) in [6.07, 6.45) is 10.6. The first kappa shape index (κ1) is 19.2. The molecule has 2 bridgehead atoms. The van der Waals surface area contributed by atoms with Crippen LogP contribution in [0.15, 0.2) is 24.3 Å². The summed E-state index contributed by atoms with van der Waals surface area (Å²) in [6.45, 7) is 0. The van der Waals surface area contributed by atoms with Crippen molar-refractivity contribution in [2.75, 3.05) is 0 Å². The van der Waals surface area contributed by atoms with Crippen molar-refractivity contribution < 1.29 is 14.0 Å². The van der Waals surface area contributed by atoms with Crippen LogP contribution in [0.5, 0.6) is 0 Å². The molecule has 152 valence electrons. The number of carbonyl (C=O) groups excluding carboxylic acids is 2. The molecule has 1 aromatic carbocycles. The minimum atomic E-state index is -0.344. The van der Waals surface area contributed by atoms with Gasteiger partial charge in [-0.25, -0.2) is 9.18 Å². The Hall–Kier alpha value is -2.11. The topological polar surface area (TPSA) is 61.4 Å². The summed E-state index contributed by atoms with van der Waals surface area (Å²) < 4.78 is 13.1. The zero-order valence-electron chi connectivity index (χ0n) is 16.3. The van der Waals surface area contributed by atoms with Gasteiger partial charge in [0.2, 0.25) is 0 Å². The van der Waals surface area contributed by atoms with Crippen molar-refractivity contribution in [1.29, 1.82) is 0 Å². The van der Waals surface area contributed by atoms with Crippen LogP contribution in [0.3, 0.4) is 0 Å². The number of piperidine rings is 2. The number of urea groups is 1. The summed E-state index contributed by atoms with van der Waals surface area (Å²) in [6, 6.07) is 6.48. The molecule has 1 aromatic rings. The second kappa shape index (κ2) is 8.50. The van der Waals surface area contributed by atoms with E-state index in [0.29, 0.717) is 11.6 Å². The minimum Gasteiger partial charge on any atom is -0.349 e. The summed E-state index contributed by atoms with van der Waals surface area (Å²) in [5.74, 6) is -0.508. The standard InChI is InChI=1S/C22H30FN3O2/c23-16-11-9-15(10-12-16)21(27)24-18-13-19-7-4-8-20(14-18)26(19)22(28)25-17-5-2-1-3-6-17/h9-12,17-20H,1-8,13-14H2,(H,24,27)(H,25,28)/t19-,20-/m0/s1. The molecule has 0 radical (unpaired) electrons. The van der Waals surface area contributed by atoms with E-state index in [0.717, 1.165) is 44.9 Å². The van der Waals surface area contributed by atoms with Gasteiger partial charge in [-0.2, -0.15) is 0 Å². The predicted octanol–water partition coefficient (Wildman–Crippen LogP) is 3.98. The maximum Gasteiger partial charge on any atom is 0.318 e. The Morgan fingerprint density at radius 3 is 2.11 bits per heavy atom. The Morgan fingerprint density at radius 1 is 0.821 bits per heavy atom. The van der Waals surface area contributed by atoms with Gasteiger partial charge < -0.3 is 15.5 Å². The number of hydrogen-bond donors (Lipinski definition) is 2. The van der Waals surface area contributed by atoms with E-state index in [1.807, 2.05) is 0 Å². The average Bonchev–Trinajstić information content (AvgIpc) is 2.68. The third-order valence-corrected chi connectivity index (χ3v) is 6.58. The fourth-order valence-corrected chi connectivity index (χ4v) is 5.20. The first-order valence-corrected chi connectivity index (χ1v) is 10.8. The lowest BCUT2D eigenvalue weighted by atomic mass is 9.82. The molecule has 2 saturated heterocycles. The molecule has 2 aliphatic heterocycles. The van der Waals surface area contributed by atoms with Gasteiger partial charge in [-0.3, -0.25) is 4.79 Å². The van der Waals surface area contributed by atoms with Crippen LogP contribution in [0, 0.1) is 5.82 Å². The van der Waals surface area contributed by atoms with Crippen molar-refractivity contribution >= 4 is 11.9 Å². The van der Waals surface area contributed by atoms with Gasteiger partial charge in [0.05, 0.1) is 0 Å². The zero-order valence-corrected chi connectivity index (χ0v) is 16.3. The molecule has 28 heavy (non-hydrogen) atoms.